The minimum absolute atomic E-state index is 0.0420. The maximum Gasteiger partial charge on any atom is 0.254 e. The summed E-state index contributed by atoms with van der Waals surface area (Å²) in [6.45, 7) is 1.34. The molecule has 0 saturated carbocycles. The first kappa shape index (κ1) is 23.0. The maximum absolute atomic E-state index is 12.3. The smallest absolute Gasteiger partial charge is 0.254 e. The second kappa shape index (κ2) is 10.7. The number of aromatic nitrogens is 2. The number of likely N-dealkylation sites (N-methyl/N-ethyl adjacent to an activating group) is 1. The fourth-order valence-corrected chi connectivity index (χ4v) is 4.08. The SMILES string of the molecule is CNC(=O)C1CCCCN1c1ccc(Nc2ncc(C(N)=O)c(NCc3ccccc3)n2)cc1. The first-order valence-corrected chi connectivity index (χ1v) is 11.3. The summed E-state index contributed by atoms with van der Waals surface area (Å²) in [5.41, 5.74) is 8.56. The third kappa shape index (κ3) is 5.43. The van der Waals surface area contributed by atoms with Crippen LogP contribution in [-0.2, 0) is 11.3 Å². The molecule has 0 aliphatic carbocycles. The monoisotopic (exact) mass is 459 g/mol. The van der Waals surface area contributed by atoms with Gasteiger partial charge in [0.1, 0.15) is 11.9 Å². The van der Waals surface area contributed by atoms with E-state index in [4.69, 9.17) is 5.73 Å². The normalized spacial score (nSPS) is 15.4. The maximum atomic E-state index is 12.3. The van der Waals surface area contributed by atoms with Crippen LogP contribution in [0.5, 0.6) is 0 Å². The Kier molecular flexibility index (Phi) is 7.22. The summed E-state index contributed by atoms with van der Waals surface area (Å²) in [6.07, 6.45) is 4.37. The van der Waals surface area contributed by atoms with Crippen LogP contribution in [-0.4, -0.2) is 41.4 Å². The van der Waals surface area contributed by atoms with Crippen LogP contribution >= 0.6 is 0 Å². The van der Waals surface area contributed by atoms with Crippen molar-refractivity contribution in [3.05, 3.63) is 71.9 Å². The molecule has 5 N–H and O–H groups in total. The van der Waals surface area contributed by atoms with E-state index in [-0.39, 0.29) is 17.5 Å². The molecule has 9 heteroatoms. The average molecular weight is 460 g/mol. The van der Waals surface area contributed by atoms with E-state index in [0.29, 0.717) is 18.3 Å². The quantitative estimate of drug-likeness (QED) is 0.408. The number of nitrogens with zero attached hydrogens (tertiary/aromatic N) is 3. The molecule has 9 nitrogen and oxygen atoms in total. The first-order chi connectivity index (χ1) is 16.5. The molecule has 0 spiro atoms. The van der Waals surface area contributed by atoms with Crippen molar-refractivity contribution >= 4 is 35.0 Å². The largest absolute Gasteiger partial charge is 0.365 e. The van der Waals surface area contributed by atoms with Crippen LogP contribution in [0, 0.1) is 0 Å². The van der Waals surface area contributed by atoms with Gasteiger partial charge < -0.3 is 26.6 Å². The van der Waals surface area contributed by atoms with Crippen LogP contribution in [0.25, 0.3) is 0 Å². The van der Waals surface area contributed by atoms with Gasteiger partial charge in [-0.2, -0.15) is 4.98 Å². The molecule has 4 rings (SSSR count). The zero-order valence-electron chi connectivity index (χ0n) is 19.1. The Balaban J connectivity index is 1.48. The Morgan fingerprint density at radius 2 is 1.85 bits per heavy atom. The summed E-state index contributed by atoms with van der Waals surface area (Å²) in [4.78, 5) is 35.0. The molecule has 0 bridgehead atoms. The second-order valence-corrected chi connectivity index (χ2v) is 8.15. The van der Waals surface area contributed by atoms with Crippen LogP contribution in [0.3, 0.4) is 0 Å². The van der Waals surface area contributed by atoms with Crippen molar-refractivity contribution in [1.82, 2.24) is 15.3 Å². The van der Waals surface area contributed by atoms with E-state index < -0.39 is 5.91 Å². The van der Waals surface area contributed by atoms with Gasteiger partial charge in [-0.15, -0.1) is 0 Å². The molecule has 176 valence electrons. The minimum Gasteiger partial charge on any atom is -0.365 e. The van der Waals surface area contributed by atoms with Crippen LogP contribution in [0.2, 0.25) is 0 Å². The van der Waals surface area contributed by atoms with Gasteiger partial charge in [0, 0.05) is 37.7 Å². The molecule has 1 aromatic heterocycles. The van der Waals surface area contributed by atoms with Gasteiger partial charge in [-0.05, 0) is 49.1 Å². The lowest BCUT2D eigenvalue weighted by Gasteiger charge is -2.36. The fourth-order valence-electron chi connectivity index (χ4n) is 4.08. The lowest BCUT2D eigenvalue weighted by molar-refractivity contribution is -0.122. The third-order valence-electron chi connectivity index (χ3n) is 5.86. The number of anilines is 4. The molecular formula is C25H29N7O2. The molecule has 1 aliphatic rings. The highest BCUT2D eigenvalue weighted by molar-refractivity contribution is 5.97. The van der Waals surface area contributed by atoms with Crippen molar-refractivity contribution in [2.45, 2.75) is 31.8 Å². The van der Waals surface area contributed by atoms with E-state index in [1.807, 2.05) is 54.6 Å². The Labute approximate surface area is 198 Å². The summed E-state index contributed by atoms with van der Waals surface area (Å²) in [5, 5.41) is 9.11. The Bertz CT molecular complexity index is 1140. The van der Waals surface area contributed by atoms with Crippen molar-refractivity contribution in [3.8, 4) is 0 Å². The van der Waals surface area contributed by atoms with E-state index in [9.17, 15) is 9.59 Å². The van der Waals surface area contributed by atoms with Gasteiger partial charge in [0.25, 0.3) is 5.91 Å². The molecule has 1 saturated heterocycles. The number of hydrogen-bond acceptors (Lipinski definition) is 7. The molecule has 1 atom stereocenters. The van der Waals surface area contributed by atoms with Crippen LogP contribution in [0.4, 0.5) is 23.1 Å². The summed E-state index contributed by atoms with van der Waals surface area (Å²) in [5.74, 6) is 0.153. The van der Waals surface area contributed by atoms with Gasteiger partial charge >= 0.3 is 0 Å². The second-order valence-electron chi connectivity index (χ2n) is 8.15. The number of hydrogen-bond donors (Lipinski definition) is 4. The van der Waals surface area contributed by atoms with E-state index in [1.54, 1.807) is 7.05 Å². The van der Waals surface area contributed by atoms with Crippen molar-refractivity contribution < 1.29 is 9.59 Å². The molecule has 3 aromatic rings. The summed E-state index contributed by atoms with van der Waals surface area (Å²) < 4.78 is 0. The van der Waals surface area contributed by atoms with Crippen LogP contribution < -0.4 is 26.6 Å². The number of carbonyl (C=O) groups excluding carboxylic acids is 2. The van der Waals surface area contributed by atoms with E-state index in [2.05, 4.69) is 30.8 Å². The Morgan fingerprint density at radius 1 is 1.09 bits per heavy atom. The van der Waals surface area contributed by atoms with Crippen LogP contribution in [0.1, 0.15) is 35.2 Å². The third-order valence-corrected chi connectivity index (χ3v) is 5.86. The lowest BCUT2D eigenvalue weighted by atomic mass is 10.0. The molecule has 2 heterocycles. The molecular weight excluding hydrogens is 430 g/mol. The number of rotatable bonds is 8. The van der Waals surface area contributed by atoms with Gasteiger partial charge in [0.15, 0.2) is 0 Å². The van der Waals surface area contributed by atoms with Gasteiger partial charge in [-0.3, -0.25) is 9.59 Å². The topological polar surface area (TPSA) is 125 Å². The van der Waals surface area contributed by atoms with Gasteiger partial charge in [0.05, 0.1) is 5.56 Å². The summed E-state index contributed by atoms with van der Waals surface area (Å²) in [6, 6.07) is 17.5. The lowest BCUT2D eigenvalue weighted by Crippen LogP contribution is -2.48. The van der Waals surface area contributed by atoms with Crippen molar-refractivity contribution in [2.75, 3.05) is 29.1 Å². The Hall–Kier alpha value is -4.14. The van der Waals surface area contributed by atoms with Crippen molar-refractivity contribution in [1.29, 1.82) is 0 Å². The zero-order valence-corrected chi connectivity index (χ0v) is 19.1. The molecule has 1 unspecified atom stereocenters. The number of nitrogens with one attached hydrogen (secondary N) is 3. The summed E-state index contributed by atoms with van der Waals surface area (Å²) >= 11 is 0. The number of amides is 2. The summed E-state index contributed by atoms with van der Waals surface area (Å²) in [7, 11) is 1.68. The van der Waals surface area contributed by atoms with E-state index >= 15 is 0 Å². The average Bonchev–Trinajstić information content (AvgIpc) is 2.88. The highest BCUT2D eigenvalue weighted by Gasteiger charge is 2.28. The molecule has 2 aromatic carbocycles. The zero-order chi connectivity index (χ0) is 23.9. The number of piperidine rings is 1. The minimum atomic E-state index is -0.598. The Morgan fingerprint density at radius 3 is 2.56 bits per heavy atom. The molecule has 0 radical (unpaired) electrons. The van der Waals surface area contributed by atoms with E-state index in [1.165, 1.54) is 6.20 Å². The molecule has 2 amide bonds. The first-order valence-electron chi connectivity index (χ1n) is 11.3. The number of benzene rings is 2. The predicted octanol–water partition coefficient (Wildman–Crippen LogP) is 3.04. The van der Waals surface area contributed by atoms with Gasteiger partial charge in [-0.1, -0.05) is 30.3 Å². The molecule has 1 fully saturated rings. The highest BCUT2D eigenvalue weighted by Crippen LogP contribution is 2.27. The van der Waals surface area contributed by atoms with Crippen LogP contribution in [0.15, 0.2) is 60.8 Å². The fraction of sp³-hybridized carbons (Fsp3) is 0.280. The van der Waals surface area contributed by atoms with Gasteiger partial charge in [0.2, 0.25) is 11.9 Å². The molecule has 1 aliphatic heterocycles. The van der Waals surface area contributed by atoms with Crippen molar-refractivity contribution in [2.24, 2.45) is 5.73 Å². The molecule has 34 heavy (non-hydrogen) atoms. The standard InChI is InChI=1S/C25H29N7O2/c1-27-24(34)21-9-5-6-14-32(21)19-12-10-18(11-13-19)30-25-29-16-20(22(26)33)23(31-25)28-15-17-7-3-2-4-8-17/h2-4,7-8,10-13,16,21H,5-6,9,14-15H2,1H3,(H2,26,33)(H,27,34)(H2,28,29,30,31). The predicted molar refractivity (Wildman–Crippen MR) is 133 cm³/mol. The highest BCUT2D eigenvalue weighted by atomic mass is 16.2. The van der Waals surface area contributed by atoms with Gasteiger partial charge in [-0.25, -0.2) is 4.98 Å². The van der Waals surface area contributed by atoms with Crippen molar-refractivity contribution in [3.63, 3.8) is 0 Å². The van der Waals surface area contributed by atoms with E-state index in [0.717, 1.165) is 42.7 Å². The number of carbonyl (C=O) groups is 2. The number of primary amides is 1. The number of nitrogens with two attached hydrogens (primary N) is 1.